The van der Waals surface area contributed by atoms with Crippen LogP contribution in [-0.2, 0) is 4.79 Å². The maximum absolute atomic E-state index is 13.9. The van der Waals surface area contributed by atoms with Crippen LogP contribution in [0.5, 0.6) is 11.5 Å². The van der Waals surface area contributed by atoms with Crippen LogP contribution >= 0.6 is 11.6 Å². The van der Waals surface area contributed by atoms with Crippen molar-refractivity contribution in [2.75, 3.05) is 24.9 Å². The Balaban J connectivity index is 1.67. The largest absolute Gasteiger partial charge is 0.495 e. The van der Waals surface area contributed by atoms with Gasteiger partial charge in [0.05, 0.1) is 52.5 Å². The van der Waals surface area contributed by atoms with Crippen molar-refractivity contribution >= 4 is 45.9 Å². The van der Waals surface area contributed by atoms with Gasteiger partial charge in [-0.15, -0.1) is 0 Å². The summed E-state index contributed by atoms with van der Waals surface area (Å²) in [6, 6.07) is 16.2. The number of non-ortho nitro benzene ring substituents is 1. The lowest BCUT2D eigenvalue weighted by Gasteiger charge is -2.30. The van der Waals surface area contributed by atoms with Gasteiger partial charge in [-0.2, -0.15) is 0 Å². The van der Waals surface area contributed by atoms with Crippen molar-refractivity contribution in [3.8, 4) is 11.5 Å². The number of nitro benzene ring substituents is 1. The second kappa shape index (κ2) is 9.47. The van der Waals surface area contributed by atoms with Crippen molar-refractivity contribution in [1.29, 1.82) is 0 Å². The number of amides is 1. The van der Waals surface area contributed by atoms with Crippen molar-refractivity contribution in [2.45, 2.75) is 13.0 Å². The van der Waals surface area contributed by atoms with Crippen LogP contribution in [0, 0.1) is 10.1 Å². The number of nitro groups is 1. The Hall–Kier alpha value is -4.57. The molecule has 2 N–H and O–H groups in total. The van der Waals surface area contributed by atoms with Gasteiger partial charge in [-0.25, -0.2) is 4.98 Å². The average molecular weight is 520 g/mol. The Bertz CT molecular complexity index is 1600. The monoisotopic (exact) mass is 519 g/mol. The number of nitrogens with zero attached hydrogens (tertiary/aromatic N) is 3. The quantitative estimate of drug-likeness (QED) is 0.253. The minimum absolute atomic E-state index is 0.0801. The second-order valence-electron chi connectivity index (χ2n) is 8.35. The van der Waals surface area contributed by atoms with Crippen LogP contribution in [0.1, 0.15) is 18.5 Å². The summed E-state index contributed by atoms with van der Waals surface area (Å²) in [5.41, 5.74) is 3.23. The molecule has 1 unspecified atom stereocenters. The first kappa shape index (κ1) is 24.1. The highest BCUT2D eigenvalue weighted by molar-refractivity contribution is 6.32. The number of rotatable bonds is 6. The van der Waals surface area contributed by atoms with Crippen LogP contribution in [-0.4, -0.2) is 34.6 Å². The number of methoxy groups -OCH3 is 2. The van der Waals surface area contributed by atoms with Gasteiger partial charge in [0.2, 0.25) is 5.95 Å². The molecule has 5 rings (SSSR count). The Morgan fingerprint density at radius 1 is 1.11 bits per heavy atom. The van der Waals surface area contributed by atoms with Gasteiger partial charge in [0.1, 0.15) is 11.5 Å². The molecule has 0 spiro atoms. The number of imidazole rings is 1. The molecule has 10 nitrogen and oxygen atoms in total. The molecule has 2 heterocycles. The first-order valence-corrected chi connectivity index (χ1v) is 11.6. The summed E-state index contributed by atoms with van der Waals surface area (Å²) in [6.07, 6.45) is 0. The minimum Gasteiger partial charge on any atom is -0.495 e. The molecular formula is C26H22ClN5O5. The summed E-state index contributed by atoms with van der Waals surface area (Å²) in [4.78, 5) is 29.7. The smallest absolute Gasteiger partial charge is 0.269 e. The maximum atomic E-state index is 13.9. The molecule has 0 aliphatic carbocycles. The molecule has 0 bridgehead atoms. The number of halogens is 1. The van der Waals surface area contributed by atoms with E-state index in [4.69, 9.17) is 21.1 Å². The zero-order chi connectivity index (χ0) is 26.3. The number of para-hydroxylation sites is 2. The van der Waals surface area contributed by atoms with E-state index in [1.165, 1.54) is 26.4 Å². The van der Waals surface area contributed by atoms with Gasteiger partial charge < -0.3 is 20.1 Å². The summed E-state index contributed by atoms with van der Waals surface area (Å²) < 4.78 is 12.6. The second-order valence-corrected chi connectivity index (χ2v) is 8.76. The molecule has 37 heavy (non-hydrogen) atoms. The molecule has 1 aromatic heterocycles. The maximum Gasteiger partial charge on any atom is 0.269 e. The molecule has 11 heteroatoms. The number of aromatic nitrogens is 2. The number of carbonyl (C=O) groups excluding carboxylic acids is 1. The summed E-state index contributed by atoms with van der Waals surface area (Å²) in [5, 5.41) is 18.0. The van der Waals surface area contributed by atoms with Crippen molar-refractivity contribution < 1.29 is 19.2 Å². The molecule has 0 saturated heterocycles. The third-order valence-corrected chi connectivity index (χ3v) is 6.49. The Kier molecular flexibility index (Phi) is 6.18. The van der Waals surface area contributed by atoms with Crippen molar-refractivity contribution in [3.05, 3.63) is 92.6 Å². The van der Waals surface area contributed by atoms with Crippen molar-refractivity contribution in [3.63, 3.8) is 0 Å². The number of anilines is 2. The summed E-state index contributed by atoms with van der Waals surface area (Å²) in [5.74, 6) is 0.801. The molecule has 0 radical (unpaired) electrons. The molecule has 1 aliphatic rings. The highest BCUT2D eigenvalue weighted by atomic mass is 35.5. The van der Waals surface area contributed by atoms with E-state index in [2.05, 4.69) is 15.6 Å². The molecule has 1 amide bonds. The predicted octanol–water partition coefficient (Wildman–Crippen LogP) is 5.54. The lowest BCUT2D eigenvalue weighted by Crippen LogP contribution is -2.31. The molecule has 1 aliphatic heterocycles. The van der Waals surface area contributed by atoms with Gasteiger partial charge in [0, 0.05) is 30.0 Å². The topological polar surface area (TPSA) is 121 Å². The van der Waals surface area contributed by atoms with E-state index in [0.29, 0.717) is 45.0 Å². The Labute approximate surface area is 216 Å². The number of carbonyl (C=O) groups is 1. The zero-order valence-electron chi connectivity index (χ0n) is 20.1. The van der Waals surface area contributed by atoms with Crippen LogP contribution in [0.25, 0.3) is 11.0 Å². The lowest BCUT2D eigenvalue weighted by atomic mass is 9.94. The fourth-order valence-electron chi connectivity index (χ4n) is 4.53. The minimum atomic E-state index is -0.705. The standard InChI is InChI=1S/C26H22ClN5O5/c1-14-23(25(33)29-19-13-21(36-2)17(27)12-22(19)37-3)24(15-7-6-8-16(11-15)32(34)35)31-20-10-5-4-9-18(20)30-26(31)28-14/h4-13,24H,1-3H3,(H,28,30)(H,29,33). The normalized spacial score (nSPS) is 14.6. The highest BCUT2D eigenvalue weighted by Gasteiger charge is 2.35. The van der Waals surface area contributed by atoms with E-state index in [1.54, 1.807) is 31.2 Å². The van der Waals surface area contributed by atoms with Gasteiger partial charge in [0.25, 0.3) is 11.6 Å². The first-order valence-electron chi connectivity index (χ1n) is 11.2. The molecule has 0 fully saturated rings. The summed E-state index contributed by atoms with van der Waals surface area (Å²) in [6.45, 7) is 1.77. The van der Waals surface area contributed by atoms with Crippen LogP contribution in [0.15, 0.2) is 71.9 Å². The molecule has 3 aromatic carbocycles. The first-order chi connectivity index (χ1) is 17.8. The molecule has 1 atom stereocenters. The van der Waals surface area contributed by atoms with Crippen LogP contribution < -0.4 is 20.1 Å². The van der Waals surface area contributed by atoms with Crippen molar-refractivity contribution in [2.24, 2.45) is 0 Å². The fraction of sp³-hybridized carbons (Fsp3) is 0.154. The molecule has 0 saturated carbocycles. The predicted molar refractivity (Wildman–Crippen MR) is 140 cm³/mol. The van der Waals surface area contributed by atoms with Gasteiger partial charge in [-0.1, -0.05) is 35.9 Å². The number of nitrogens with one attached hydrogen (secondary N) is 2. The van der Waals surface area contributed by atoms with Gasteiger partial charge in [0.15, 0.2) is 0 Å². The number of hydrogen-bond acceptors (Lipinski definition) is 7. The number of allylic oxidation sites excluding steroid dienone is 1. The van der Waals surface area contributed by atoms with Crippen LogP contribution in [0.2, 0.25) is 5.02 Å². The highest BCUT2D eigenvalue weighted by Crippen LogP contribution is 2.41. The SMILES string of the molecule is COc1cc(NC(=O)C2=C(C)Nc3nc4ccccc4n3C2c2cccc([N+](=O)[O-])c2)c(OC)cc1Cl. The van der Waals surface area contributed by atoms with Gasteiger partial charge in [-0.05, 0) is 24.6 Å². The van der Waals surface area contributed by atoms with Gasteiger partial charge in [-0.3, -0.25) is 19.5 Å². The number of hydrogen-bond donors (Lipinski definition) is 2. The Morgan fingerprint density at radius 3 is 2.59 bits per heavy atom. The summed E-state index contributed by atoms with van der Waals surface area (Å²) >= 11 is 6.23. The lowest BCUT2D eigenvalue weighted by molar-refractivity contribution is -0.384. The van der Waals surface area contributed by atoms with Crippen LogP contribution in [0.3, 0.4) is 0 Å². The number of fused-ring (bicyclic) bond motifs is 3. The zero-order valence-corrected chi connectivity index (χ0v) is 20.9. The van der Waals surface area contributed by atoms with E-state index in [9.17, 15) is 14.9 Å². The van der Waals surface area contributed by atoms with E-state index in [-0.39, 0.29) is 5.69 Å². The fourth-order valence-corrected chi connectivity index (χ4v) is 4.76. The average Bonchev–Trinajstić information content (AvgIpc) is 3.26. The van der Waals surface area contributed by atoms with Crippen LogP contribution in [0.4, 0.5) is 17.3 Å². The number of benzene rings is 3. The molecule has 4 aromatic rings. The Morgan fingerprint density at radius 2 is 1.86 bits per heavy atom. The van der Waals surface area contributed by atoms with E-state index in [0.717, 1.165) is 11.0 Å². The number of ether oxygens (including phenoxy) is 2. The van der Waals surface area contributed by atoms with E-state index >= 15 is 0 Å². The molecule has 188 valence electrons. The third-order valence-electron chi connectivity index (χ3n) is 6.19. The van der Waals surface area contributed by atoms with E-state index in [1.807, 2.05) is 28.8 Å². The molecular weight excluding hydrogens is 498 g/mol. The van der Waals surface area contributed by atoms with E-state index < -0.39 is 16.9 Å². The van der Waals surface area contributed by atoms with Gasteiger partial charge >= 0.3 is 0 Å². The summed E-state index contributed by atoms with van der Waals surface area (Å²) in [7, 11) is 2.94. The third kappa shape index (κ3) is 4.21. The van der Waals surface area contributed by atoms with Crippen molar-refractivity contribution in [1.82, 2.24) is 9.55 Å².